The molecule has 1 N–H and O–H groups in total. The van der Waals surface area contributed by atoms with Gasteiger partial charge in [0.1, 0.15) is 0 Å². The molecular formula is C9H20ClN. The molecule has 1 fully saturated rings. The molecule has 0 unspecified atom stereocenters. The van der Waals surface area contributed by atoms with Crippen LogP contribution in [0.4, 0.5) is 0 Å². The Morgan fingerprint density at radius 3 is 1.45 bits per heavy atom. The zero-order chi connectivity index (χ0) is 7.83. The summed E-state index contributed by atoms with van der Waals surface area (Å²) < 4.78 is 0. The van der Waals surface area contributed by atoms with Crippen molar-refractivity contribution >= 4 is 12.4 Å². The fourth-order valence-corrected chi connectivity index (χ4v) is 2.01. The van der Waals surface area contributed by atoms with E-state index in [9.17, 15) is 0 Å². The summed E-state index contributed by atoms with van der Waals surface area (Å²) >= 11 is 0. The smallest absolute Gasteiger partial charge is 0.0130 e. The second-order valence-electron chi connectivity index (χ2n) is 4.75. The Balaban J connectivity index is 0.000001000. The van der Waals surface area contributed by atoms with Gasteiger partial charge in [-0.1, -0.05) is 0 Å². The summed E-state index contributed by atoms with van der Waals surface area (Å²) in [6.07, 6.45) is 4.00. The summed E-state index contributed by atoms with van der Waals surface area (Å²) in [4.78, 5) is 0. The Kier molecular flexibility index (Phi) is 3.40. The van der Waals surface area contributed by atoms with Gasteiger partial charge in [-0.15, -0.1) is 12.4 Å². The van der Waals surface area contributed by atoms with Gasteiger partial charge < -0.3 is 5.32 Å². The maximum absolute atomic E-state index is 3.63. The predicted molar refractivity (Wildman–Crippen MR) is 52.4 cm³/mol. The average molecular weight is 178 g/mol. The molecule has 0 spiro atoms. The van der Waals surface area contributed by atoms with Crippen LogP contribution in [0.1, 0.15) is 47.0 Å². The van der Waals surface area contributed by atoms with Crippen molar-refractivity contribution in [3.05, 3.63) is 0 Å². The van der Waals surface area contributed by atoms with E-state index in [1.165, 1.54) is 19.3 Å². The normalized spacial score (nSPS) is 27.3. The van der Waals surface area contributed by atoms with Gasteiger partial charge in [-0.2, -0.15) is 0 Å². The molecule has 1 saturated heterocycles. The zero-order valence-electron chi connectivity index (χ0n) is 8.03. The van der Waals surface area contributed by atoms with Gasteiger partial charge in [0.2, 0.25) is 0 Å². The fourth-order valence-electron chi connectivity index (χ4n) is 2.01. The molecule has 0 aromatic carbocycles. The number of halogens is 1. The molecule has 1 aliphatic rings. The van der Waals surface area contributed by atoms with Gasteiger partial charge in [0, 0.05) is 11.1 Å². The lowest BCUT2D eigenvalue weighted by molar-refractivity contribution is 0.183. The Hall–Kier alpha value is 0.250. The Morgan fingerprint density at radius 1 is 0.909 bits per heavy atom. The van der Waals surface area contributed by atoms with Gasteiger partial charge in [0.25, 0.3) is 0 Å². The molecule has 68 valence electrons. The van der Waals surface area contributed by atoms with E-state index >= 15 is 0 Å². The quantitative estimate of drug-likeness (QED) is 0.600. The van der Waals surface area contributed by atoms with E-state index in [1.54, 1.807) is 0 Å². The highest BCUT2D eigenvalue weighted by Crippen LogP contribution is 2.27. The van der Waals surface area contributed by atoms with Crippen molar-refractivity contribution in [2.45, 2.75) is 58.0 Å². The highest BCUT2D eigenvalue weighted by atomic mass is 35.5. The SMILES string of the molecule is CC1(C)CCCC(C)(C)N1.Cl. The second-order valence-corrected chi connectivity index (χ2v) is 4.75. The molecule has 2 heteroatoms. The molecule has 1 nitrogen and oxygen atoms in total. The summed E-state index contributed by atoms with van der Waals surface area (Å²) in [6.45, 7) is 9.14. The topological polar surface area (TPSA) is 12.0 Å². The molecule has 0 aliphatic carbocycles. The van der Waals surface area contributed by atoms with Crippen molar-refractivity contribution in [1.82, 2.24) is 5.32 Å². The number of hydrogen-bond donors (Lipinski definition) is 1. The average Bonchev–Trinajstić information content (AvgIpc) is 1.56. The molecule has 0 amide bonds. The zero-order valence-corrected chi connectivity index (χ0v) is 8.85. The van der Waals surface area contributed by atoms with E-state index in [4.69, 9.17) is 0 Å². The third kappa shape index (κ3) is 3.44. The first-order valence-corrected chi connectivity index (χ1v) is 4.21. The van der Waals surface area contributed by atoms with Crippen molar-refractivity contribution < 1.29 is 0 Å². The Bertz CT molecular complexity index is 116. The first-order chi connectivity index (χ1) is 4.41. The van der Waals surface area contributed by atoms with E-state index in [1.807, 2.05) is 0 Å². The molecule has 0 saturated carbocycles. The van der Waals surface area contributed by atoms with Crippen LogP contribution in [0.15, 0.2) is 0 Å². The van der Waals surface area contributed by atoms with Gasteiger partial charge in [0.05, 0.1) is 0 Å². The maximum atomic E-state index is 3.63. The lowest BCUT2D eigenvalue weighted by atomic mass is 9.83. The van der Waals surface area contributed by atoms with Crippen molar-refractivity contribution in [2.24, 2.45) is 0 Å². The first kappa shape index (κ1) is 11.2. The lowest BCUT2D eigenvalue weighted by Crippen LogP contribution is -2.55. The lowest BCUT2D eigenvalue weighted by Gasteiger charge is -2.42. The number of piperidine rings is 1. The van der Waals surface area contributed by atoms with E-state index in [2.05, 4.69) is 33.0 Å². The minimum absolute atomic E-state index is 0. The first-order valence-electron chi connectivity index (χ1n) is 4.21. The Morgan fingerprint density at radius 2 is 1.27 bits per heavy atom. The summed E-state index contributed by atoms with van der Waals surface area (Å²) in [5, 5.41) is 3.63. The van der Waals surface area contributed by atoms with Crippen LogP contribution in [-0.2, 0) is 0 Å². The van der Waals surface area contributed by atoms with Crippen molar-refractivity contribution in [3.63, 3.8) is 0 Å². The monoisotopic (exact) mass is 177 g/mol. The van der Waals surface area contributed by atoms with E-state index in [-0.39, 0.29) is 12.4 Å². The van der Waals surface area contributed by atoms with Crippen LogP contribution in [0.2, 0.25) is 0 Å². The van der Waals surface area contributed by atoms with Gasteiger partial charge in [0.15, 0.2) is 0 Å². The molecule has 0 bridgehead atoms. The molecule has 1 heterocycles. The van der Waals surface area contributed by atoms with Crippen molar-refractivity contribution in [2.75, 3.05) is 0 Å². The third-order valence-electron chi connectivity index (χ3n) is 2.28. The van der Waals surface area contributed by atoms with Crippen molar-refractivity contribution in [3.8, 4) is 0 Å². The summed E-state index contributed by atoms with van der Waals surface area (Å²) in [7, 11) is 0. The maximum Gasteiger partial charge on any atom is 0.0130 e. The minimum Gasteiger partial charge on any atom is -0.307 e. The molecular weight excluding hydrogens is 158 g/mol. The summed E-state index contributed by atoms with van der Waals surface area (Å²) in [5.74, 6) is 0. The summed E-state index contributed by atoms with van der Waals surface area (Å²) in [5.41, 5.74) is 0.726. The summed E-state index contributed by atoms with van der Waals surface area (Å²) in [6, 6.07) is 0. The van der Waals surface area contributed by atoms with Crippen LogP contribution in [-0.4, -0.2) is 11.1 Å². The largest absolute Gasteiger partial charge is 0.307 e. The predicted octanol–water partition coefficient (Wildman–Crippen LogP) is 2.74. The Labute approximate surface area is 76.4 Å². The molecule has 0 aromatic rings. The second kappa shape index (κ2) is 3.32. The van der Waals surface area contributed by atoms with Crippen LogP contribution in [0, 0.1) is 0 Å². The minimum atomic E-state index is 0. The van der Waals surface area contributed by atoms with Crippen LogP contribution in [0.3, 0.4) is 0 Å². The number of rotatable bonds is 0. The molecule has 0 radical (unpaired) electrons. The highest BCUT2D eigenvalue weighted by Gasteiger charge is 2.31. The van der Waals surface area contributed by atoms with Crippen LogP contribution < -0.4 is 5.32 Å². The molecule has 0 atom stereocenters. The number of nitrogens with one attached hydrogen (secondary N) is 1. The van der Waals surface area contributed by atoms with Crippen molar-refractivity contribution in [1.29, 1.82) is 0 Å². The molecule has 0 aromatic heterocycles. The van der Waals surface area contributed by atoms with Gasteiger partial charge >= 0.3 is 0 Å². The van der Waals surface area contributed by atoms with E-state index < -0.39 is 0 Å². The standard InChI is InChI=1S/C9H19N.ClH/c1-8(2)6-5-7-9(3,4)10-8;/h10H,5-7H2,1-4H3;1H. The molecule has 1 rings (SSSR count). The molecule has 1 aliphatic heterocycles. The van der Waals surface area contributed by atoms with Gasteiger partial charge in [-0.25, -0.2) is 0 Å². The van der Waals surface area contributed by atoms with E-state index in [0.717, 1.165) is 0 Å². The van der Waals surface area contributed by atoms with E-state index in [0.29, 0.717) is 11.1 Å². The highest BCUT2D eigenvalue weighted by molar-refractivity contribution is 5.85. The fraction of sp³-hybridized carbons (Fsp3) is 1.00. The van der Waals surface area contributed by atoms with Gasteiger partial charge in [-0.3, -0.25) is 0 Å². The van der Waals surface area contributed by atoms with Crippen LogP contribution >= 0.6 is 12.4 Å². The van der Waals surface area contributed by atoms with Crippen LogP contribution in [0.5, 0.6) is 0 Å². The van der Waals surface area contributed by atoms with Crippen LogP contribution in [0.25, 0.3) is 0 Å². The van der Waals surface area contributed by atoms with Gasteiger partial charge in [-0.05, 0) is 47.0 Å². The third-order valence-corrected chi connectivity index (χ3v) is 2.28. The number of hydrogen-bond acceptors (Lipinski definition) is 1. The molecule has 11 heavy (non-hydrogen) atoms.